The molecule has 0 fully saturated rings. The number of nitrogens with zero attached hydrogens (tertiary/aromatic N) is 1. The molecule has 0 N–H and O–H groups in total. The Morgan fingerprint density at radius 3 is 2.25 bits per heavy atom. The second-order valence-electron chi connectivity index (χ2n) is 2.38. The fourth-order valence-corrected chi connectivity index (χ4v) is 1.65. The molecule has 0 saturated carbocycles. The zero-order valence-corrected chi connectivity index (χ0v) is 7.83. The SMILES string of the molecule is C[Si](C)(Br)CCC#N. The van der Waals surface area contributed by atoms with Crippen molar-refractivity contribution < 1.29 is 0 Å². The van der Waals surface area contributed by atoms with E-state index in [0.29, 0.717) is 6.42 Å². The maximum absolute atomic E-state index is 8.18. The van der Waals surface area contributed by atoms with Gasteiger partial charge in [-0.15, -0.1) is 15.3 Å². The van der Waals surface area contributed by atoms with Crippen LogP contribution >= 0.6 is 15.3 Å². The Balaban J connectivity index is 3.28. The van der Waals surface area contributed by atoms with Gasteiger partial charge in [0.15, 0.2) is 0 Å². The molecule has 0 aromatic rings. The van der Waals surface area contributed by atoms with Gasteiger partial charge in [0.1, 0.15) is 6.69 Å². The fourth-order valence-electron chi connectivity index (χ4n) is 0.353. The standard InChI is InChI=1S/C5H10BrNSi/c1-8(2,6)5-3-4-7/h3,5H2,1-2H3. The van der Waals surface area contributed by atoms with E-state index >= 15 is 0 Å². The van der Waals surface area contributed by atoms with E-state index in [1.54, 1.807) is 0 Å². The van der Waals surface area contributed by atoms with Crippen LogP contribution in [0.2, 0.25) is 19.1 Å². The second kappa shape index (κ2) is 3.26. The molecule has 0 heterocycles. The van der Waals surface area contributed by atoms with Crippen LogP contribution in [0.25, 0.3) is 0 Å². The molecule has 0 aliphatic heterocycles. The maximum Gasteiger partial charge on any atom is 0.125 e. The zero-order valence-electron chi connectivity index (χ0n) is 5.24. The maximum atomic E-state index is 8.18. The van der Waals surface area contributed by atoms with Crippen LogP contribution in [0.15, 0.2) is 0 Å². The van der Waals surface area contributed by atoms with Crippen molar-refractivity contribution in [1.29, 1.82) is 5.26 Å². The number of nitriles is 1. The van der Waals surface area contributed by atoms with E-state index in [-0.39, 0.29) is 0 Å². The molecule has 0 unspecified atom stereocenters. The highest BCUT2D eigenvalue weighted by atomic mass is 79.9. The Kier molecular flexibility index (Phi) is 3.34. The van der Waals surface area contributed by atoms with Crippen molar-refractivity contribution in [2.24, 2.45) is 0 Å². The predicted molar refractivity (Wildman–Crippen MR) is 41.4 cm³/mol. The van der Waals surface area contributed by atoms with Crippen molar-refractivity contribution in [3.63, 3.8) is 0 Å². The molecule has 0 amide bonds. The lowest BCUT2D eigenvalue weighted by Crippen LogP contribution is -2.13. The third-order valence-electron chi connectivity index (χ3n) is 0.831. The van der Waals surface area contributed by atoms with Crippen molar-refractivity contribution in [3.05, 3.63) is 0 Å². The largest absolute Gasteiger partial charge is 0.198 e. The first kappa shape index (κ1) is 8.19. The summed E-state index contributed by atoms with van der Waals surface area (Å²) in [5.41, 5.74) is 0. The topological polar surface area (TPSA) is 23.8 Å². The summed E-state index contributed by atoms with van der Waals surface area (Å²) in [4.78, 5) is 0. The summed E-state index contributed by atoms with van der Waals surface area (Å²) in [5, 5.41) is 8.18. The van der Waals surface area contributed by atoms with E-state index in [0.717, 1.165) is 6.04 Å². The van der Waals surface area contributed by atoms with Gasteiger partial charge >= 0.3 is 0 Å². The Bertz CT molecular complexity index is 100.0. The minimum Gasteiger partial charge on any atom is -0.198 e. The fraction of sp³-hybridized carbons (Fsp3) is 0.800. The second-order valence-corrected chi connectivity index (χ2v) is 12.8. The van der Waals surface area contributed by atoms with Gasteiger partial charge < -0.3 is 0 Å². The number of rotatable bonds is 2. The molecule has 46 valence electrons. The average Bonchev–Trinajstić information content (AvgIpc) is 1.59. The lowest BCUT2D eigenvalue weighted by molar-refractivity contribution is 1.18. The van der Waals surface area contributed by atoms with E-state index in [4.69, 9.17) is 5.26 Å². The van der Waals surface area contributed by atoms with Crippen LogP contribution in [0.3, 0.4) is 0 Å². The van der Waals surface area contributed by atoms with Gasteiger partial charge in [-0.2, -0.15) is 5.26 Å². The summed E-state index contributed by atoms with van der Waals surface area (Å²) in [6, 6.07) is 3.19. The molecule has 0 atom stereocenters. The van der Waals surface area contributed by atoms with E-state index in [9.17, 15) is 0 Å². The molecule has 0 saturated heterocycles. The van der Waals surface area contributed by atoms with Crippen LogP contribution in [0.1, 0.15) is 6.42 Å². The third-order valence-corrected chi connectivity index (χ3v) is 3.46. The first-order valence-corrected chi connectivity index (χ1v) is 8.08. The molecule has 0 aliphatic carbocycles. The molecule has 0 rings (SSSR count). The van der Waals surface area contributed by atoms with Crippen LogP contribution in [0.5, 0.6) is 0 Å². The van der Waals surface area contributed by atoms with Crippen LogP contribution in [0, 0.1) is 11.3 Å². The summed E-state index contributed by atoms with van der Waals surface area (Å²) in [5.74, 6) is 0. The lowest BCUT2D eigenvalue weighted by Gasteiger charge is -2.08. The zero-order chi connectivity index (χ0) is 6.62. The summed E-state index contributed by atoms with van der Waals surface area (Å²) < 4.78 is 0. The van der Waals surface area contributed by atoms with Crippen LogP contribution < -0.4 is 0 Å². The van der Waals surface area contributed by atoms with Gasteiger partial charge in [0, 0.05) is 6.42 Å². The van der Waals surface area contributed by atoms with Gasteiger partial charge in [-0.05, 0) is 6.04 Å². The highest BCUT2D eigenvalue weighted by molar-refractivity contribution is 9.26. The molecule has 8 heavy (non-hydrogen) atoms. The smallest absolute Gasteiger partial charge is 0.125 e. The summed E-state index contributed by atoms with van der Waals surface area (Å²) in [6.07, 6.45) is 0.699. The highest BCUT2D eigenvalue weighted by Crippen LogP contribution is 2.17. The number of hydrogen-bond donors (Lipinski definition) is 0. The Hall–Kier alpha value is 0.187. The van der Waals surface area contributed by atoms with Gasteiger partial charge in [0.2, 0.25) is 0 Å². The van der Waals surface area contributed by atoms with Crippen molar-refractivity contribution in [3.8, 4) is 6.07 Å². The van der Waals surface area contributed by atoms with Gasteiger partial charge in [0.25, 0.3) is 0 Å². The van der Waals surface area contributed by atoms with Crippen molar-refractivity contribution in [1.82, 2.24) is 0 Å². The molecule has 1 nitrogen and oxygen atoms in total. The molecule has 3 heteroatoms. The summed E-state index contributed by atoms with van der Waals surface area (Å²) in [7, 11) is 0. The van der Waals surface area contributed by atoms with Crippen molar-refractivity contribution in [2.75, 3.05) is 0 Å². The van der Waals surface area contributed by atoms with Gasteiger partial charge in [-0.1, -0.05) is 13.1 Å². The van der Waals surface area contributed by atoms with Crippen molar-refractivity contribution in [2.45, 2.75) is 25.6 Å². The number of halogens is 1. The molecule has 0 spiro atoms. The van der Waals surface area contributed by atoms with Gasteiger partial charge in [0.05, 0.1) is 6.07 Å². The number of hydrogen-bond acceptors (Lipinski definition) is 1. The monoisotopic (exact) mass is 191 g/mol. The minimum absolute atomic E-state index is 0.699. The van der Waals surface area contributed by atoms with Crippen molar-refractivity contribution >= 4 is 22.0 Å². The van der Waals surface area contributed by atoms with E-state index < -0.39 is 6.69 Å². The molecular formula is C5H10BrNSi. The third kappa shape index (κ3) is 6.19. The summed E-state index contributed by atoms with van der Waals surface area (Å²) in [6.45, 7) is 3.31. The molecular weight excluding hydrogens is 182 g/mol. The average molecular weight is 192 g/mol. The van der Waals surface area contributed by atoms with E-state index in [1.165, 1.54) is 0 Å². The summed E-state index contributed by atoms with van der Waals surface area (Å²) >= 11 is 3.57. The van der Waals surface area contributed by atoms with E-state index in [1.807, 2.05) is 0 Å². The predicted octanol–water partition coefficient (Wildman–Crippen LogP) is 2.50. The first-order valence-electron chi connectivity index (χ1n) is 2.62. The minimum atomic E-state index is -1.09. The first-order chi connectivity index (χ1) is 3.56. The molecule has 0 aromatic carbocycles. The van der Waals surface area contributed by atoms with Crippen LogP contribution in [-0.4, -0.2) is 6.69 Å². The Morgan fingerprint density at radius 2 is 2.12 bits per heavy atom. The van der Waals surface area contributed by atoms with Crippen LogP contribution in [-0.2, 0) is 0 Å². The quantitative estimate of drug-likeness (QED) is 0.487. The lowest BCUT2D eigenvalue weighted by atomic mass is 10.6. The van der Waals surface area contributed by atoms with Gasteiger partial charge in [-0.3, -0.25) is 0 Å². The Morgan fingerprint density at radius 1 is 1.62 bits per heavy atom. The van der Waals surface area contributed by atoms with E-state index in [2.05, 4.69) is 34.5 Å². The molecule has 0 aromatic heterocycles. The molecule has 0 bridgehead atoms. The van der Waals surface area contributed by atoms with Crippen LogP contribution in [0.4, 0.5) is 0 Å². The molecule has 0 aliphatic rings. The normalized spacial score (nSPS) is 10.8. The highest BCUT2D eigenvalue weighted by Gasteiger charge is 2.13. The van der Waals surface area contributed by atoms with Gasteiger partial charge in [-0.25, -0.2) is 0 Å². The Labute approximate surface area is 59.3 Å². The molecule has 0 radical (unpaired) electrons.